The molecule has 0 unspecified atom stereocenters. The van der Waals surface area contributed by atoms with Crippen LogP contribution in [0.4, 0.5) is 10.1 Å². The zero-order chi connectivity index (χ0) is 12.4. The van der Waals surface area contributed by atoms with Crippen LogP contribution in [0.25, 0.3) is 0 Å². The second-order valence-corrected chi connectivity index (χ2v) is 4.34. The van der Waals surface area contributed by atoms with Crippen molar-refractivity contribution in [1.29, 1.82) is 0 Å². The summed E-state index contributed by atoms with van der Waals surface area (Å²) in [5.74, 6) is -0.222. The average Bonchev–Trinajstić information content (AvgIpc) is 2.29. The molecule has 7 heteroatoms. The summed E-state index contributed by atoms with van der Waals surface area (Å²) in [6.45, 7) is 0. The van der Waals surface area contributed by atoms with Crippen LogP contribution < -0.4 is 10.5 Å². The molecule has 88 valence electrons. The molecule has 2 rings (SSSR count). The first-order chi connectivity index (χ1) is 8.08. The Balaban J connectivity index is 2.37. The van der Waals surface area contributed by atoms with E-state index < -0.39 is 5.82 Å². The van der Waals surface area contributed by atoms with Crippen molar-refractivity contribution in [2.24, 2.45) is 0 Å². The first kappa shape index (κ1) is 12.1. The van der Waals surface area contributed by atoms with E-state index in [1.54, 1.807) is 0 Å². The largest absolute Gasteiger partial charge is 0.435 e. The van der Waals surface area contributed by atoms with Gasteiger partial charge in [0.25, 0.3) is 0 Å². The van der Waals surface area contributed by atoms with E-state index in [-0.39, 0.29) is 26.8 Å². The van der Waals surface area contributed by atoms with E-state index >= 15 is 0 Å². The fraction of sp³-hybridized carbons (Fsp3) is 0. The highest BCUT2D eigenvalue weighted by atomic mass is 79.9. The normalized spacial score (nSPS) is 10.3. The summed E-state index contributed by atoms with van der Waals surface area (Å²) in [7, 11) is 0. The lowest BCUT2D eigenvalue weighted by Crippen LogP contribution is -1.96. The summed E-state index contributed by atoms with van der Waals surface area (Å²) in [6, 6.07) is 2.55. The lowest BCUT2D eigenvalue weighted by Gasteiger charge is -2.09. The Morgan fingerprint density at radius 1 is 1.41 bits per heavy atom. The summed E-state index contributed by atoms with van der Waals surface area (Å²) in [5, 5.41) is 0.218. The third-order valence-corrected chi connectivity index (χ3v) is 2.76. The van der Waals surface area contributed by atoms with E-state index in [4.69, 9.17) is 22.1 Å². The van der Waals surface area contributed by atoms with Crippen LogP contribution in [0.5, 0.6) is 11.6 Å². The number of anilines is 1. The van der Waals surface area contributed by atoms with Crippen molar-refractivity contribution >= 4 is 33.2 Å². The lowest BCUT2D eigenvalue weighted by atomic mass is 10.3. The Morgan fingerprint density at radius 3 is 2.88 bits per heavy atom. The number of nitrogens with zero attached hydrogens (tertiary/aromatic N) is 2. The van der Waals surface area contributed by atoms with Crippen LogP contribution >= 0.6 is 27.5 Å². The molecule has 1 aromatic heterocycles. The number of hydrogen-bond donors (Lipinski definition) is 1. The van der Waals surface area contributed by atoms with Gasteiger partial charge < -0.3 is 10.5 Å². The van der Waals surface area contributed by atoms with Gasteiger partial charge in [-0.15, -0.1) is 0 Å². The van der Waals surface area contributed by atoms with E-state index in [0.717, 1.165) is 6.07 Å². The lowest BCUT2D eigenvalue weighted by molar-refractivity contribution is 0.459. The fourth-order valence-electron chi connectivity index (χ4n) is 1.11. The Morgan fingerprint density at radius 2 is 2.18 bits per heavy atom. The molecule has 0 fully saturated rings. The molecule has 0 radical (unpaired) electrons. The minimum atomic E-state index is -0.487. The van der Waals surface area contributed by atoms with E-state index in [1.165, 1.54) is 18.6 Å². The third-order valence-electron chi connectivity index (χ3n) is 1.89. The Hall–Kier alpha value is -1.40. The van der Waals surface area contributed by atoms with Gasteiger partial charge in [-0.1, -0.05) is 11.6 Å². The number of hydrogen-bond acceptors (Lipinski definition) is 4. The van der Waals surface area contributed by atoms with Crippen molar-refractivity contribution in [2.75, 3.05) is 5.73 Å². The van der Waals surface area contributed by atoms with E-state index in [0.29, 0.717) is 0 Å². The fourth-order valence-corrected chi connectivity index (χ4v) is 1.62. The molecule has 0 amide bonds. The molecule has 2 aromatic rings. The molecule has 0 aliphatic carbocycles. The monoisotopic (exact) mass is 317 g/mol. The van der Waals surface area contributed by atoms with Crippen LogP contribution in [-0.4, -0.2) is 9.97 Å². The van der Waals surface area contributed by atoms with Crippen LogP contribution in [0, 0.1) is 5.82 Å². The predicted octanol–water partition coefficient (Wildman–Crippen LogP) is 3.41. The van der Waals surface area contributed by atoms with Gasteiger partial charge >= 0.3 is 0 Å². The molecule has 1 aromatic carbocycles. The molecule has 0 aliphatic heterocycles. The highest BCUT2D eigenvalue weighted by Gasteiger charge is 2.10. The predicted molar refractivity (Wildman–Crippen MR) is 65.6 cm³/mol. The maximum Gasteiger partial charge on any atom is 0.241 e. The van der Waals surface area contributed by atoms with E-state index in [1.807, 2.05) is 0 Å². The highest BCUT2D eigenvalue weighted by molar-refractivity contribution is 9.10. The molecule has 17 heavy (non-hydrogen) atoms. The zero-order valence-corrected chi connectivity index (χ0v) is 10.7. The van der Waals surface area contributed by atoms with E-state index in [9.17, 15) is 4.39 Å². The van der Waals surface area contributed by atoms with E-state index in [2.05, 4.69) is 25.9 Å². The number of benzene rings is 1. The summed E-state index contributed by atoms with van der Waals surface area (Å²) in [6.07, 6.45) is 2.64. The van der Waals surface area contributed by atoms with Gasteiger partial charge in [-0.05, 0) is 22.0 Å². The summed E-state index contributed by atoms with van der Waals surface area (Å²) in [4.78, 5) is 7.52. The van der Waals surface area contributed by atoms with Crippen molar-refractivity contribution in [3.63, 3.8) is 0 Å². The Bertz CT molecular complexity index is 567. The maximum absolute atomic E-state index is 13.3. The number of halogens is 3. The Labute approximate surface area is 110 Å². The van der Waals surface area contributed by atoms with Gasteiger partial charge in [-0.3, -0.25) is 0 Å². The van der Waals surface area contributed by atoms with Crippen molar-refractivity contribution in [3.8, 4) is 11.6 Å². The molecule has 1 heterocycles. The quantitative estimate of drug-likeness (QED) is 0.862. The van der Waals surface area contributed by atoms with Gasteiger partial charge in [0, 0.05) is 6.07 Å². The van der Waals surface area contributed by atoms with Gasteiger partial charge in [-0.25, -0.2) is 14.4 Å². The first-order valence-electron chi connectivity index (χ1n) is 4.46. The van der Waals surface area contributed by atoms with Gasteiger partial charge in [-0.2, -0.15) is 0 Å². The minimum Gasteiger partial charge on any atom is -0.435 e. The SMILES string of the molecule is Nc1cc(Br)c(F)cc1Oc1ncncc1Cl. The molecule has 2 N–H and O–H groups in total. The smallest absolute Gasteiger partial charge is 0.241 e. The number of rotatable bonds is 2. The number of ether oxygens (including phenoxy) is 1. The van der Waals surface area contributed by atoms with Crippen LogP contribution in [0.3, 0.4) is 0 Å². The van der Waals surface area contributed by atoms with Crippen molar-refractivity contribution in [3.05, 3.63) is 40.0 Å². The zero-order valence-electron chi connectivity index (χ0n) is 8.32. The van der Waals surface area contributed by atoms with Gasteiger partial charge in [0.2, 0.25) is 5.88 Å². The summed E-state index contributed by atoms with van der Waals surface area (Å²) >= 11 is 8.82. The molecule has 0 saturated heterocycles. The molecular weight excluding hydrogens is 312 g/mol. The van der Waals surface area contributed by atoms with Crippen LogP contribution in [-0.2, 0) is 0 Å². The highest BCUT2D eigenvalue weighted by Crippen LogP contribution is 2.33. The Kier molecular flexibility index (Phi) is 3.44. The standard InChI is InChI=1S/C10H6BrClFN3O/c11-5-1-8(14)9(2-7(5)13)17-10-6(12)3-15-4-16-10/h1-4H,14H2. The number of aromatic nitrogens is 2. The van der Waals surface area contributed by atoms with Gasteiger partial charge in [0.1, 0.15) is 17.2 Å². The first-order valence-corrected chi connectivity index (χ1v) is 5.63. The van der Waals surface area contributed by atoms with Crippen LogP contribution in [0.15, 0.2) is 29.1 Å². The second-order valence-electron chi connectivity index (χ2n) is 3.08. The minimum absolute atomic E-state index is 0.120. The topological polar surface area (TPSA) is 61.0 Å². The van der Waals surface area contributed by atoms with Crippen LogP contribution in [0.2, 0.25) is 5.02 Å². The summed E-state index contributed by atoms with van der Waals surface area (Å²) in [5.41, 5.74) is 5.95. The summed E-state index contributed by atoms with van der Waals surface area (Å²) < 4.78 is 18.9. The molecular formula is C10H6BrClFN3O. The molecule has 0 saturated carbocycles. The van der Waals surface area contributed by atoms with Crippen molar-refractivity contribution in [1.82, 2.24) is 9.97 Å². The van der Waals surface area contributed by atoms with Gasteiger partial charge in [0.05, 0.1) is 16.4 Å². The van der Waals surface area contributed by atoms with Crippen molar-refractivity contribution in [2.45, 2.75) is 0 Å². The molecule has 0 aliphatic rings. The number of nitrogen functional groups attached to an aromatic ring is 1. The van der Waals surface area contributed by atoms with Crippen LogP contribution in [0.1, 0.15) is 0 Å². The molecule has 0 bridgehead atoms. The molecule has 0 spiro atoms. The third kappa shape index (κ3) is 2.65. The average molecular weight is 319 g/mol. The second kappa shape index (κ2) is 4.85. The molecule has 0 atom stereocenters. The van der Waals surface area contributed by atoms with Gasteiger partial charge in [0.15, 0.2) is 5.75 Å². The van der Waals surface area contributed by atoms with Crippen molar-refractivity contribution < 1.29 is 9.13 Å². The number of nitrogens with two attached hydrogens (primary N) is 1. The maximum atomic E-state index is 13.3. The molecule has 4 nitrogen and oxygen atoms in total.